The van der Waals surface area contributed by atoms with E-state index in [1.165, 1.54) is 12.1 Å². The Morgan fingerprint density at radius 2 is 1.67 bits per heavy atom. The van der Waals surface area contributed by atoms with Crippen LogP contribution in [0.25, 0.3) is 0 Å². The van der Waals surface area contributed by atoms with Crippen LogP contribution in [0.1, 0.15) is 36.0 Å². The van der Waals surface area contributed by atoms with E-state index >= 15 is 0 Å². The van der Waals surface area contributed by atoms with Gasteiger partial charge in [0.25, 0.3) is 0 Å². The van der Waals surface area contributed by atoms with Crippen LogP contribution >= 0.6 is 0 Å². The average Bonchev–Trinajstić information content (AvgIpc) is 2.49. The second-order valence-corrected chi connectivity index (χ2v) is 4.44. The Balaban J connectivity index is 2.07. The van der Waals surface area contributed by atoms with Gasteiger partial charge in [0.05, 0.1) is 13.2 Å². The molecule has 0 aliphatic rings. The van der Waals surface area contributed by atoms with Crippen molar-refractivity contribution >= 4 is 11.9 Å². The van der Waals surface area contributed by atoms with Gasteiger partial charge in [0.2, 0.25) is 0 Å². The Labute approximate surface area is 124 Å². The first-order valence-electron chi connectivity index (χ1n) is 6.89. The Bertz CT molecular complexity index is 481. The van der Waals surface area contributed by atoms with Gasteiger partial charge in [-0.3, -0.25) is 0 Å². The SMILES string of the molecule is C=CC(=O)OCCCCCCOC(=O)c1ccccc1O. The van der Waals surface area contributed by atoms with Crippen LogP contribution in [0, 0.1) is 0 Å². The van der Waals surface area contributed by atoms with Crippen molar-refractivity contribution in [3.05, 3.63) is 42.5 Å². The van der Waals surface area contributed by atoms with E-state index in [0.29, 0.717) is 13.2 Å². The summed E-state index contributed by atoms with van der Waals surface area (Å²) in [4.78, 5) is 22.4. The van der Waals surface area contributed by atoms with Gasteiger partial charge in [0, 0.05) is 6.08 Å². The lowest BCUT2D eigenvalue weighted by Crippen LogP contribution is -2.07. The van der Waals surface area contributed by atoms with Crippen molar-refractivity contribution in [2.24, 2.45) is 0 Å². The van der Waals surface area contributed by atoms with E-state index in [1.54, 1.807) is 12.1 Å². The highest BCUT2D eigenvalue weighted by Crippen LogP contribution is 2.16. The molecule has 21 heavy (non-hydrogen) atoms. The van der Waals surface area contributed by atoms with Crippen LogP contribution in [-0.2, 0) is 14.3 Å². The molecule has 1 N–H and O–H groups in total. The van der Waals surface area contributed by atoms with Gasteiger partial charge < -0.3 is 14.6 Å². The molecule has 0 spiro atoms. The first kappa shape index (κ1) is 16.8. The van der Waals surface area contributed by atoms with E-state index in [4.69, 9.17) is 9.47 Å². The molecule has 0 saturated heterocycles. The molecular weight excluding hydrogens is 272 g/mol. The highest BCUT2D eigenvalue weighted by molar-refractivity contribution is 5.92. The summed E-state index contributed by atoms with van der Waals surface area (Å²) in [5, 5.41) is 9.50. The summed E-state index contributed by atoms with van der Waals surface area (Å²) in [7, 11) is 0. The van der Waals surface area contributed by atoms with E-state index in [2.05, 4.69) is 6.58 Å². The number of hydrogen-bond donors (Lipinski definition) is 1. The summed E-state index contributed by atoms with van der Waals surface area (Å²) < 4.78 is 9.91. The fourth-order valence-corrected chi connectivity index (χ4v) is 1.68. The van der Waals surface area contributed by atoms with Crippen molar-refractivity contribution in [1.29, 1.82) is 0 Å². The number of carbonyl (C=O) groups is 2. The molecule has 0 atom stereocenters. The molecule has 0 heterocycles. The number of rotatable bonds is 9. The minimum atomic E-state index is -0.520. The molecule has 0 radical (unpaired) electrons. The van der Waals surface area contributed by atoms with Gasteiger partial charge >= 0.3 is 11.9 Å². The smallest absolute Gasteiger partial charge is 0.341 e. The molecule has 0 saturated carbocycles. The highest BCUT2D eigenvalue weighted by atomic mass is 16.5. The van der Waals surface area contributed by atoms with Crippen LogP contribution in [0.4, 0.5) is 0 Å². The number of ether oxygens (including phenoxy) is 2. The lowest BCUT2D eigenvalue weighted by Gasteiger charge is -2.06. The fraction of sp³-hybridized carbons (Fsp3) is 0.375. The van der Waals surface area contributed by atoms with Crippen LogP contribution in [0.15, 0.2) is 36.9 Å². The molecule has 114 valence electrons. The Hall–Kier alpha value is -2.30. The second kappa shape index (κ2) is 9.58. The van der Waals surface area contributed by atoms with Gasteiger partial charge in [-0.05, 0) is 37.8 Å². The molecule has 0 unspecified atom stereocenters. The molecule has 0 fully saturated rings. The number of phenols is 1. The maximum atomic E-state index is 11.7. The maximum absolute atomic E-state index is 11.7. The highest BCUT2D eigenvalue weighted by Gasteiger charge is 2.10. The minimum Gasteiger partial charge on any atom is -0.507 e. The van der Waals surface area contributed by atoms with Crippen molar-refractivity contribution in [3.8, 4) is 5.75 Å². The predicted octanol–water partition coefficient (Wildman–Crippen LogP) is 2.84. The van der Waals surface area contributed by atoms with Crippen LogP contribution < -0.4 is 0 Å². The Morgan fingerprint density at radius 3 is 2.29 bits per heavy atom. The van der Waals surface area contributed by atoms with Gasteiger partial charge in [-0.2, -0.15) is 0 Å². The maximum Gasteiger partial charge on any atom is 0.341 e. The van der Waals surface area contributed by atoms with Crippen molar-refractivity contribution in [2.45, 2.75) is 25.7 Å². The molecule has 0 aliphatic carbocycles. The number of hydrogen-bond acceptors (Lipinski definition) is 5. The first-order valence-corrected chi connectivity index (χ1v) is 6.89. The van der Waals surface area contributed by atoms with E-state index in [0.717, 1.165) is 31.8 Å². The number of aromatic hydroxyl groups is 1. The van der Waals surface area contributed by atoms with Gasteiger partial charge in [-0.25, -0.2) is 9.59 Å². The molecular formula is C16H20O5. The largest absolute Gasteiger partial charge is 0.507 e. The standard InChI is InChI=1S/C16H20O5/c1-2-15(18)20-11-7-3-4-8-12-21-16(19)13-9-5-6-10-14(13)17/h2,5-6,9-10,17H,1,3-4,7-8,11-12H2. The lowest BCUT2D eigenvalue weighted by molar-refractivity contribution is -0.137. The quantitative estimate of drug-likeness (QED) is 0.430. The molecule has 1 rings (SSSR count). The third-order valence-corrected chi connectivity index (χ3v) is 2.81. The van der Waals surface area contributed by atoms with E-state index in [9.17, 15) is 14.7 Å². The minimum absolute atomic E-state index is 0.0773. The first-order chi connectivity index (χ1) is 10.1. The molecule has 0 amide bonds. The summed E-state index contributed by atoms with van der Waals surface area (Å²) in [5.41, 5.74) is 0.175. The molecule has 0 aliphatic heterocycles. The average molecular weight is 292 g/mol. The number of esters is 2. The zero-order valence-corrected chi connectivity index (χ0v) is 11.9. The van der Waals surface area contributed by atoms with Gasteiger partial charge in [-0.1, -0.05) is 18.7 Å². The van der Waals surface area contributed by atoms with Gasteiger partial charge in [-0.15, -0.1) is 0 Å². The Kier molecular flexibility index (Phi) is 7.64. The van der Waals surface area contributed by atoms with Crippen LogP contribution in [0.2, 0.25) is 0 Å². The van der Waals surface area contributed by atoms with Crippen molar-refractivity contribution < 1.29 is 24.2 Å². The third kappa shape index (κ3) is 6.61. The number of phenolic OH excluding ortho intramolecular Hbond substituents is 1. The normalized spacial score (nSPS) is 9.90. The summed E-state index contributed by atoms with van der Waals surface area (Å²) >= 11 is 0. The topological polar surface area (TPSA) is 72.8 Å². The van der Waals surface area contributed by atoms with Crippen LogP contribution in [0.3, 0.4) is 0 Å². The predicted molar refractivity (Wildman–Crippen MR) is 78.0 cm³/mol. The van der Waals surface area contributed by atoms with Crippen molar-refractivity contribution in [2.75, 3.05) is 13.2 Å². The summed E-state index contributed by atoms with van der Waals surface area (Å²) in [6.07, 6.45) is 4.40. The number of para-hydroxylation sites is 1. The van der Waals surface area contributed by atoms with Crippen molar-refractivity contribution in [1.82, 2.24) is 0 Å². The summed E-state index contributed by atoms with van der Waals surface area (Å²) in [6, 6.07) is 6.28. The number of carbonyl (C=O) groups excluding carboxylic acids is 2. The van der Waals surface area contributed by atoms with E-state index in [1.807, 2.05) is 0 Å². The molecule has 5 nitrogen and oxygen atoms in total. The number of benzene rings is 1. The molecule has 0 aromatic heterocycles. The zero-order chi connectivity index (χ0) is 15.5. The lowest BCUT2D eigenvalue weighted by atomic mass is 10.2. The molecule has 1 aromatic rings. The van der Waals surface area contributed by atoms with Crippen LogP contribution in [-0.4, -0.2) is 30.3 Å². The molecule has 0 bridgehead atoms. The van der Waals surface area contributed by atoms with Gasteiger partial charge in [0.1, 0.15) is 11.3 Å². The summed E-state index contributed by atoms with van der Waals surface area (Å²) in [6.45, 7) is 3.99. The monoisotopic (exact) mass is 292 g/mol. The third-order valence-electron chi connectivity index (χ3n) is 2.81. The van der Waals surface area contributed by atoms with Crippen LogP contribution in [0.5, 0.6) is 5.75 Å². The fourth-order valence-electron chi connectivity index (χ4n) is 1.68. The van der Waals surface area contributed by atoms with E-state index in [-0.39, 0.29) is 11.3 Å². The second-order valence-electron chi connectivity index (χ2n) is 4.44. The Morgan fingerprint density at radius 1 is 1.05 bits per heavy atom. The van der Waals surface area contributed by atoms with Gasteiger partial charge in [0.15, 0.2) is 0 Å². The molecule has 1 aromatic carbocycles. The molecule has 5 heteroatoms. The van der Waals surface area contributed by atoms with Crippen molar-refractivity contribution in [3.63, 3.8) is 0 Å². The summed E-state index contributed by atoms with van der Waals surface area (Å²) in [5.74, 6) is -1.01. The van der Waals surface area contributed by atoms with E-state index < -0.39 is 11.9 Å². The zero-order valence-electron chi connectivity index (χ0n) is 11.9. The number of unbranched alkanes of at least 4 members (excludes halogenated alkanes) is 3.